The SMILES string of the molecule is CC(NC(=O)C1CCNCC1)c1nc2ccccc2n1C(C)C. The van der Waals surface area contributed by atoms with Crippen LogP contribution < -0.4 is 10.6 Å². The Hall–Kier alpha value is -1.88. The molecule has 0 radical (unpaired) electrons. The molecule has 1 atom stereocenters. The van der Waals surface area contributed by atoms with Crippen LogP contribution in [0.25, 0.3) is 11.0 Å². The first-order chi connectivity index (χ1) is 11.1. The minimum atomic E-state index is -0.0906. The van der Waals surface area contributed by atoms with E-state index in [2.05, 4.69) is 35.1 Å². The number of hydrogen-bond acceptors (Lipinski definition) is 3. The fourth-order valence-corrected chi connectivity index (χ4v) is 3.39. The lowest BCUT2D eigenvalue weighted by Crippen LogP contribution is -2.39. The maximum atomic E-state index is 12.5. The first-order valence-corrected chi connectivity index (χ1v) is 8.56. The van der Waals surface area contributed by atoms with Crippen molar-refractivity contribution in [1.82, 2.24) is 20.2 Å². The summed E-state index contributed by atoms with van der Waals surface area (Å²) >= 11 is 0. The van der Waals surface area contributed by atoms with Crippen molar-refractivity contribution in [3.05, 3.63) is 30.1 Å². The lowest BCUT2D eigenvalue weighted by molar-refractivity contribution is -0.126. The van der Waals surface area contributed by atoms with Crippen LogP contribution in [0, 0.1) is 5.92 Å². The van der Waals surface area contributed by atoms with Gasteiger partial charge < -0.3 is 15.2 Å². The number of fused-ring (bicyclic) bond motifs is 1. The normalized spacial score (nSPS) is 17.6. The number of nitrogens with zero attached hydrogens (tertiary/aromatic N) is 2. The van der Waals surface area contributed by atoms with E-state index in [9.17, 15) is 4.79 Å². The second kappa shape index (κ2) is 6.71. The molecule has 5 heteroatoms. The van der Waals surface area contributed by atoms with E-state index in [0.29, 0.717) is 6.04 Å². The van der Waals surface area contributed by atoms with Crippen molar-refractivity contribution >= 4 is 16.9 Å². The van der Waals surface area contributed by atoms with Gasteiger partial charge in [0.05, 0.1) is 17.1 Å². The fraction of sp³-hybridized carbons (Fsp3) is 0.556. The number of benzene rings is 1. The number of amides is 1. The van der Waals surface area contributed by atoms with Crippen molar-refractivity contribution in [3.8, 4) is 0 Å². The highest BCUT2D eigenvalue weighted by atomic mass is 16.1. The average Bonchev–Trinajstić information content (AvgIpc) is 2.95. The maximum absolute atomic E-state index is 12.5. The molecule has 0 bridgehead atoms. The summed E-state index contributed by atoms with van der Waals surface area (Å²) in [4.78, 5) is 17.3. The molecule has 23 heavy (non-hydrogen) atoms. The number of piperidine rings is 1. The fourth-order valence-electron chi connectivity index (χ4n) is 3.39. The minimum Gasteiger partial charge on any atom is -0.346 e. The van der Waals surface area contributed by atoms with Gasteiger partial charge in [-0.25, -0.2) is 4.98 Å². The van der Waals surface area contributed by atoms with Crippen molar-refractivity contribution < 1.29 is 4.79 Å². The van der Waals surface area contributed by atoms with E-state index in [0.717, 1.165) is 42.8 Å². The third-order valence-corrected chi connectivity index (χ3v) is 4.60. The maximum Gasteiger partial charge on any atom is 0.223 e. The number of rotatable bonds is 4. The molecule has 0 saturated carbocycles. The van der Waals surface area contributed by atoms with Crippen molar-refractivity contribution in [2.24, 2.45) is 5.92 Å². The lowest BCUT2D eigenvalue weighted by Gasteiger charge is -2.24. The molecule has 0 aliphatic carbocycles. The monoisotopic (exact) mass is 314 g/mol. The zero-order valence-corrected chi connectivity index (χ0v) is 14.2. The molecule has 3 rings (SSSR count). The molecular formula is C18H26N4O. The molecule has 2 aromatic rings. The molecule has 1 amide bonds. The summed E-state index contributed by atoms with van der Waals surface area (Å²) in [5.41, 5.74) is 2.11. The van der Waals surface area contributed by atoms with Crippen LogP contribution in [-0.4, -0.2) is 28.5 Å². The van der Waals surface area contributed by atoms with E-state index in [1.165, 1.54) is 0 Å². The molecule has 1 aromatic carbocycles. The summed E-state index contributed by atoms with van der Waals surface area (Å²) in [6.07, 6.45) is 1.83. The van der Waals surface area contributed by atoms with E-state index in [1.54, 1.807) is 0 Å². The first kappa shape index (κ1) is 16.0. The smallest absolute Gasteiger partial charge is 0.223 e. The Morgan fingerprint density at radius 2 is 1.96 bits per heavy atom. The van der Waals surface area contributed by atoms with Gasteiger partial charge in [0, 0.05) is 12.0 Å². The van der Waals surface area contributed by atoms with Gasteiger partial charge in [0.25, 0.3) is 0 Å². The van der Waals surface area contributed by atoms with E-state index in [-0.39, 0.29) is 17.9 Å². The summed E-state index contributed by atoms with van der Waals surface area (Å²) in [6, 6.07) is 8.36. The van der Waals surface area contributed by atoms with Gasteiger partial charge in [0.1, 0.15) is 5.82 Å². The molecule has 1 aromatic heterocycles. The molecule has 124 valence electrons. The first-order valence-electron chi connectivity index (χ1n) is 8.56. The second-order valence-electron chi connectivity index (χ2n) is 6.68. The van der Waals surface area contributed by atoms with Gasteiger partial charge in [-0.1, -0.05) is 12.1 Å². The Morgan fingerprint density at radius 1 is 1.26 bits per heavy atom. The summed E-state index contributed by atoms with van der Waals surface area (Å²) in [5, 5.41) is 6.47. The number of imidazole rings is 1. The number of aromatic nitrogens is 2. The summed E-state index contributed by atoms with van der Waals surface area (Å²) in [5.74, 6) is 1.21. The predicted molar refractivity (Wildman–Crippen MR) is 92.3 cm³/mol. The Bertz CT molecular complexity index is 685. The van der Waals surface area contributed by atoms with E-state index < -0.39 is 0 Å². The molecule has 1 unspecified atom stereocenters. The van der Waals surface area contributed by atoms with Gasteiger partial charge >= 0.3 is 0 Å². The van der Waals surface area contributed by atoms with Gasteiger partial charge in [-0.05, 0) is 58.8 Å². The highest BCUT2D eigenvalue weighted by Gasteiger charge is 2.25. The topological polar surface area (TPSA) is 59.0 Å². The van der Waals surface area contributed by atoms with Crippen LogP contribution in [0.4, 0.5) is 0 Å². The standard InChI is InChI=1S/C18H26N4O/c1-12(2)22-16-7-5-4-6-15(16)21-17(22)13(3)20-18(23)14-8-10-19-11-9-14/h4-7,12-14,19H,8-11H2,1-3H3,(H,20,23). The van der Waals surface area contributed by atoms with Crippen LogP contribution in [0.15, 0.2) is 24.3 Å². The molecule has 2 N–H and O–H groups in total. The van der Waals surface area contributed by atoms with E-state index in [1.807, 2.05) is 25.1 Å². The molecule has 1 fully saturated rings. The number of hydrogen-bond donors (Lipinski definition) is 2. The third-order valence-electron chi connectivity index (χ3n) is 4.60. The molecule has 2 heterocycles. The number of carbonyl (C=O) groups is 1. The van der Waals surface area contributed by atoms with Crippen LogP contribution >= 0.6 is 0 Å². The predicted octanol–water partition coefficient (Wildman–Crippen LogP) is 2.79. The zero-order valence-electron chi connectivity index (χ0n) is 14.2. The van der Waals surface area contributed by atoms with Gasteiger partial charge in [0.2, 0.25) is 5.91 Å². The highest BCUT2D eigenvalue weighted by Crippen LogP contribution is 2.25. The van der Waals surface area contributed by atoms with Crippen LogP contribution in [-0.2, 0) is 4.79 Å². The number of nitrogens with one attached hydrogen (secondary N) is 2. The summed E-state index contributed by atoms with van der Waals surface area (Å²) < 4.78 is 2.22. The molecule has 5 nitrogen and oxygen atoms in total. The van der Waals surface area contributed by atoms with Crippen molar-refractivity contribution in [3.63, 3.8) is 0 Å². The summed E-state index contributed by atoms with van der Waals surface area (Å²) in [6.45, 7) is 8.19. The molecule has 1 aliphatic rings. The third kappa shape index (κ3) is 3.24. The van der Waals surface area contributed by atoms with E-state index in [4.69, 9.17) is 4.98 Å². The van der Waals surface area contributed by atoms with Crippen LogP contribution in [0.1, 0.15) is 51.5 Å². The van der Waals surface area contributed by atoms with E-state index >= 15 is 0 Å². The molecular weight excluding hydrogens is 288 g/mol. The zero-order chi connectivity index (χ0) is 16.4. The highest BCUT2D eigenvalue weighted by molar-refractivity contribution is 5.80. The van der Waals surface area contributed by atoms with Crippen LogP contribution in [0.5, 0.6) is 0 Å². The van der Waals surface area contributed by atoms with Crippen LogP contribution in [0.2, 0.25) is 0 Å². The van der Waals surface area contributed by atoms with Gasteiger partial charge in [0.15, 0.2) is 0 Å². The number of para-hydroxylation sites is 2. The van der Waals surface area contributed by atoms with Crippen molar-refractivity contribution in [2.45, 2.75) is 45.7 Å². The van der Waals surface area contributed by atoms with Gasteiger partial charge in [-0.2, -0.15) is 0 Å². The number of carbonyl (C=O) groups excluding carboxylic acids is 1. The van der Waals surface area contributed by atoms with Crippen molar-refractivity contribution in [1.29, 1.82) is 0 Å². The summed E-state index contributed by atoms with van der Waals surface area (Å²) in [7, 11) is 0. The Morgan fingerprint density at radius 3 is 2.65 bits per heavy atom. The quantitative estimate of drug-likeness (QED) is 0.912. The Balaban J connectivity index is 1.84. The Kier molecular flexibility index (Phi) is 4.66. The van der Waals surface area contributed by atoms with Gasteiger partial charge in [-0.15, -0.1) is 0 Å². The largest absolute Gasteiger partial charge is 0.346 e. The second-order valence-corrected chi connectivity index (χ2v) is 6.68. The van der Waals surface area contributed by atoms with Crippen LogP contribution in [0.3, 0.4) is 0 Å². The van der Waals surface area contributed by atoms with Gasteiger partial charge in [-0.3, -0.25) is 4.79 Å². The Labute approximate surface area is 137 Å². The van der Waals surface area contributed by atoms with Crippen molar-refractivity contribution in [2.75, 3.05) is 13.1 Å². The molecule has 1 aliphatic heterocycles. The minimum absolute atomic E-state index is 0.0906. The lowest BCUT2D eigenvalue weighted by atomic mass is 9.97. The average molecular weight is 314 g/mol. The molecule has 0 spiro atoms. The molecule has 1 saturated heterocycles.